The summed E-state index contributed by atoms with van der Waals surface area (Å²) in [5, 5.41) is 0.575. The van der Waals surface area contributed by atoms with Gasteiger partial charge in [-0.3, -0.25) is 4.79 Å². The molecule has 0 saturated carbocycles. The zero-order chi connectivity index (χ0) is 15.1. The first-order valence-electron chi connectivity index (χ1n) is 5.88. The van der Waals surface area contributed by atoms with Gasteiger partial charge in [-0.1, -0.05) is 29.3 Å². The van der Waals surface area contributed by atoms with Crippen molar-refractivity contribution in [2.75, 3.05) is 0 Å². The van der Waals surface area contributed by atoms with Crippen LogP contribution < -0.4 is 11.2 Å². The Labute approximate surface area is 127 Å². The molecule has 0 aliphatic carbocycles. The van der Waals surface area contributed by atoms with Gasteiger partial charge in [0.05, 0.1) is 21.6 Å². The number of rotatable bonds is 1. The van der Waals surface area contributed by atoms with Crippen LogP contribution >= 0.6 is 23.2 Å². The summed E-state index contributed by atoms with van der Waals surface area (Å²) in [4.78, 5) is 26.9. The van der Waals surface area contributed by atoms with Crippen LogP contribution in [0.25, 0.3) is 16.6 Å². The lowest BCUT2D eigenvalue weighted by atomic mass is 10.2. The molecule has 0 atom stereocenters. The topological polar surface area (TPSA) is 54.9 Å². The van der Waals surface area contributed by atoms with Gasteiger partial charge in [0.15, 0.2) is 0 Å². The third-order valence-corrected chi connectivity index (χ3v) is 3.57. The minimum absolute atomic E-state index is 0.0561. The maximum absolute atomic E-state index is 13.7. The first-order valence-corrected chi connectivity index (χ1v) is 6.63. The summed E-state index contributed by atoms with van der Waals surface area (Å²) < 4.78 is 14.5. The van der Waals surface area contributed by atoms with Crippen LogP contribution in [-0.4, -0.2) is 9.55 Å². The number of halogens is 3. The van der Waals surface area contributed by atoms with E-state index >= 15 is 0 Å². The predicted octanol–water partition coefficient (Wildman–Crippen LogP) is 3.12. The second-order valence-corrected chi connectivity index (χ2v) is 5.17. The molecule has 0 fully saturated rings. The van der Waals surface area contributed by atoms with Crippen molar-refractivity contribution >= 4 is 34.1 Å². The van der Waals surface area contributed by atoms with Gasteiger partial charge in [0.25, 0.3) is 5.56 Å². The highest BCUT2D eigenvalue weighted by Gasteiger charge is 2.14. The van der Waals surface area contributed by atoms with Crippen LogP contribution in [0.5, 0.6) is 0 Å². The highest BCUT2D eigenvalue weighted by atomic mass is 35.5. The number of aromatic amines is 1. The van der Waals surface area contributed by atoms with Crippen molar-refractivity contribution in [1.29, 1.82) is 0 Å². The van der Waals surface area contributed by atoms with Crippen molar-refractivity contribution in [1.82, 2.24) is 9.55 Å². The van der Waals surface area contributed by atoms with Crippen LogP contribution in [-0.2, 0) is 0 Å². The van der Waals surface area contributed by atoms with E-state index in [1.54, 1.807) is 0 Å². The Balaban J connectivity index is 2.44. The summed E-state index contributed by atoms with van der Waals surface area (Å²) in [5.74, 6) is -0.670. The van der Waals surface area contributed by atoms with E-state index < -0.39 is 17.1 Å². The van der Waals surface area contributed by atoms with Gasteiger partial charge in [0, 0.05) is 5.02 Å². The minimum Gasteiger partial charge on any atom is -0.304 e. The molecule has 7 heteroatoms. The van der Waals surface area contributed by atoms with Gasteiger partial charge in [-0.2, -0.15) is 0 Å². The molecule has 0 bridgehead atoms. The molecule has 0 spiro atoms. The van der Waals surface area contributed by atoms with E-state index in [2.05, 4.69) is 4.98 Å². The summed E-state index contributed by atoms with van der Waals surface area (Å²) in [5.41, 5.74) is -1.38. The molecule has 0 saturated heterocycles. The standard InChI is InChI=1S/C14H7Cl2FN2O2/c15-7-4-5-11(9(16)6-7)19-13(20)8-2-1-3-10(17)12(8)18-14(19)21/h1-6H,(H,18,21). The highest BCUT2D eigenvalue weighted by Crippen LogP contribution is 2.23. The van der Waals surface area contributed by atoms with Crippen LogP contribution in [0, 0.1) is 5.82 Å². The van der Waals surface area contributed by atoms with E-state index in [0.717, 1.165) is 10.6 Å². The second kappa shape index (κ2) is 5.02. The van der Waals surface area contributed by atoms with E-state index in [9.17, 15) is 14.0 Å². The molecule has 1 heterocycles. The monoisotopic (exact) mass is 324 g/mol. The van der Waals surface area contributed by atoms with Crippen molar-refractivity contribution in [2.24, 2.45) is 0 Å². The zero-order valence-electron chi connectivity index (χ0n) is 10.4. The van der Waals surface area contributed by atoms with E-state index in [1.165, 1.54) is 30.3 Å². The lowest BCUT2D eigenvalue weighted by Gasteiger charge is -2.08. The SMILES string of the molecule is O=c1[nH]c2c(F)cccc2c(=O)n1-c1ccc(Cl)cc1Cl. The number of hydrogen-bond donors (Lipinski definition) is 1. The first-order chi connectivity index (χ1) is 9.99. The number of hydrogen-bond acceptors (Lipinski definition) is 2. The fourth-order valence-corrected chi connectivity index (χ4v) is 2.58. The van der Waals surface area contributed by atoms with Crippen LogP contribution in [0.3, 0.4) is 0 Å². The van der Waals surface area contributed by atoms with Crippen molar-refractivity contribution < 1.29 is 4.39 Å². The molecular formula is C14H7Cl2FN2O2. The molecule has 1 aromatic heterocycles. The van der Waals surface area contributed by atoms with Gasteiger partial charge < -0.3 is 4.98 Å². The van der Waals surface area contributed by atoms with Crippen LogP contribution in [0.2, 0.25) is 10.0 Å². The van der Waals surface area contributed by atoms with Crippen molar-refractivity contribution in [3.63, 3.8) is 0 Å². The van der Waals surface area contributed by atoms with Crippen molar-refractivity contribution in [2.45, 2.75) is 0 Å². The fraction of sp³-hybridized carbons (Fsp3) is 0. The third-order valence-electron chi connectivity index (χ3n) is 3.03. The summed E-state index contributed by atoms with van der Waals surface area (Å²) in [6.45, 7) is 0. The summed E-state index contributed by atoms with van der Waals surface area (Å²) in [6.07, 6.45) is 0. The van der Waals surface area contributed by atoms with E-state index in [0.29, 0.717) is 5.02 Å². The Morgan fingerprint density at radius 1 is 1.10 bits per heavy atom. The molecule has 0 aliphatic heterocycles. The Morgan fingerprint density at radius 2 is 1.86 bits per heavy atom. The third kappa shape index (κ3) is 2.24. The molecule has 1 N–H and O–H groups in total. The fourth-order valence-electron chi connectivity index (χ4n) is 2.09. The molecule has 3 rings (SSSR count). The second-order valence-electron chi connectivity index (χ2n) is 4.33. The molecule has 3 aromatic rings. The summed E-state index contributed by atoms with van der Waals surface area (Å²) in [7, 11) is 0. The number of nitrogens with zero attached hydrogens (tertiary/aromatic N) is 1. The van der Waals surface area contributed by atoms with E-state index in [-0.39, 0.29) is 21.6 Å². The maximum Gasteiger partial charge on any atom is 0.333 e. The van der Waals surface area contributed by atoms with Gasteiger partial charge in [-0.15, -0.1) is 0 Å². The van der Waals surface area contributed by atoms with Gasteiger partial charge in [-0.05, 0) is 30.3 Å². The number of nitrogens with one attached hydrogen (secondary N) is 1. The Bertz CT molecular complexity index is 979. The molecule has 106 valence electrons. The van der Waals surface area contributed by atoms with Crippen LogP contribution in [0.1, 0.15) is 0 Å². The minimum atomic E-state index is -0.776. The number of para-hydroxylation sites is 1. The van der Waals surface area contributed by atoms with Gasteiger partial charge in [0.2, 0.25) is 0 Å². The lowest BCUT2D eigenvalue weighted by Crippen LogP contribution is -2.34. The van der Waals surface area contributed by atoms with Gasteiger partial charge in [-0.25, -0.2) is 13.8 Å². The smallest absolute Gasteiger partial charge is 0.304 e. The quantitative estimate of drug-likeness (QED) is 0.747. The normalized spacial score (nSPS) is 11.0. The Hall–Kier alpha value is -2.11. The van der Waals surface area contributed by atoms with Gasteiger partial charge in [0.1, 0.15) is 5.82 Å². The maximum atomic E-state index is 13.7. The van der Waals surface area contributed by atoms with Crippen molar-refractivity contribution in [3.05, 3.63) is 73.1 Å². The predicted molar refractivity (Wildman–Crippen MR) is 80.1 cm³/mol. The molecule has 0 amide bonds. The van der Waals surface area contributed by atoms with E-state index in [4.69, 9.17) is 23.2 Å². The van der Waals surface area contributed by atoms with Crippen molar-refractivity contribution in [3.8, 4) is 5.69 Å². The summed E-state index contributed by atoms with van der Waals surface area (Å²) in [6, 6.07) is 8.36. The van der Waals surface area contributed by atoms with Crippen LogP contribution in [0.15, 0.2) is 46.0 Å². The molecule has 0 aliphatic rings. The summed E-state index contributed by atoms with van der Waals surface area (Å²) >= 11 is 11.8. The average molecular weight is 325 g/mol. The molecule has 0 radical (unpaired) electrons. The first kappa shape index (κ1) is 13.9. The Morgan fingerprint density at radius 3 is 2.57 bits per heavy atom. The molecule has 2 aromatic carbocycles. The molecule has 0 unspecified atom stereocenters. The largest absolute Gasteiger partial charge is 0.333 e. The Kier molecular flexibility index (Phi) is 3.31. The highest BCUT2D eigenvalue weighted by molar-refractivity contribution is 6.35. The molecule has 4 nitrogen and oxygen atoms in total. The molecular weight excluding hydrogens is 318 g/mol. The number of benzene rings is 2. The van der Waals surface area contributed by atoms with Crippen LogP contribution in [0.4, 0.5) is 4.39 Å². The molecule has 21 heavy (non-hydrogen) atoms. The van der Waals surface area contributed by atoms with Gasteiger partial charge >= 0.3 is 5.69 Å². The zero-order valence-corrected chi connectivity index (χ0v) is 11.9. The lowest BCUT2D eigenvalue weighted by molar-refractivity contribution is 0.635. The number of aromatic nitrogens is 2. The number of fused-ring (bicyclic) bond motifs is 1. The number of H-pyrrole nitrogens is 1. The average Bonchev–Trinajstić information content (AvgIpc) is 2.42. The van der Waals surface area contributed by atoms with E-state index in [1.807, 2.05) is 0 Å².